The molecule has 0 atom stereocenters. The van der Waals surface area contributed by atoms with Crippen LogP contribution in [0.1, 0.15) is 21.5 Å². The zero-order valence-corrected chi connectivity index (χ0v) is 24.3. The van der Waals surface area contributed by atoms with Crippen molar-refractivity contribution in [1.29, 1.82) is 0 Å². The molecule has 12 nitrogen and oxygen atoms in total. The van der Waals surface area contributed by atoms with Gasteiger partial charge in [0.15, 0.2) is 0 Å². The van der Waals surface area contributed by atoms with E-state index in [9.17, 15) is 4.79 Å². The van der Waals surface area contributed by atoms with Gasteiger partial charge >= 0.3 is 5.97 Å². The fraction of sp³-hybridized carbons (Fsp3) is 0.290. The molecule has 0 saturated carbocycles. The van der Waals surface area contributed by atoms with Crippen LogP contribution in [0.4, 0.5) is 0 Å². The largest absolute Gasteiger partial charge is 0.460 e. The van der Waals surface area contributed by atoms with E-state index in [-0.39, 0.29) is 18.8 Å². The topological polar surface area (TPSA) is 128 Å². The summed E-state index contributed by atoms with van der Waals surface area (Å²) in [5, 5.41) is 17.2. The van der Waals surface area contributed by atoms with E-state index in [1.807, 2.05) is 62.4 Å². The lowest BCUT2D eigenvalue weighted by Gasteiger charge is -2.08. The van der Waals surface area contributed by atoms with Crippen molar-refractivity contribution >= 4 is 5.97 Å². The van der Waals surface area contributed by atoms with E-state index in [4.69, 9.17) is 23.9 Å². The first-order chi connectivity index (χ1) is 21.0. The van der Waals surface area contributed by atoms with E-state index in [2.05, 4.69) is 20.6 Å². The maximum absolute atomic E-state index is 13.1. The van der Waals surface area contributed by atoms with Crippen LogP contribution in [0.5, 0.6) is 0 Å². The lowest BCUT2D eigenvalue weighted by molar-refractivity contribution is 0.00570. The van der Waals surface area contributed by atoms with Gasteiger partial charge in [0, 0.05) is 7.11 Å². The summed E-state index contributed by atoms with van der Waals surface area (Å²) in [5.41, 5.74) is 6.13. The Morgan fingerprint density at radius 2 is 1.12 bits per heavy atom. The highest BCUT2D eigenvalue weighted by Crippen LogP contribution is 2.24. The van der Waals surface area contributed by atoms with E-state index in [0.717, 1.165) is 22.5 Å². The quantitative estimate of drug-likeness (QED) is 0.140. The first-order valence-electron chi connectivity index (χ1n) is 13.8. The minimum absolute atomic E-state index is 0.0805. The standard InChI is InChI=1S/C31H33N7O5/c1-22-4-8-25(9-5-22)37-20-29(33-35-37)27-18-24(31(39)43-17-16-42-15-14-41-13-12-40-3)19-28(32-27)30-21-38(36-34-30)26-10-6-23(2)7-11-26/h4-11,18-21H,12-17H2,1-3H3. The molecule has 0 aliphatic rings. The van der Waals surface area contributed by atoms with Crippen molar-refractivity contribution in [3.05, 3.63) is 89.7 Å². The summed E-state index contributed by atoms with van der Waals surface area (Å²) in [6.07, 6.45) is 3.52. The van der Waals surface area contributed by atoms with Crippen LogP contribution < -0.4 is 0 Å². The van der Waals surface area contributed by atoms with E-state index >= 15 is 0 Å². The van der Waals surface area contributed by atoms with E-state index in [0.29, 0.717) is 49.2 Å². The molecular weight excluding hydrogens is 550 g/mol. The Bertz CT molecular complexity index is 1530. The Morgan fingerprint density at radius 3 is 1.60 bits per heavy atom. The molecule has 0 unspecified atom stereocenters. The number of aromatic nitrogens is 7. The van der Waals surface area contributed by atoms with Gasteiger partial charge in [0.05, 0.1) is 73.8 Å². The van der Waals surface area contributed by atoms with Crippen molar-refractivity contribution < 1.29 is 23.7 Å². The molecular formula is C31H33N7O5. The van der Waals surface area contributed by atoms with Crippen molar-refractivity contribution in [2.24, 2.45) is 0 Å². The summed E-state index contributed by atoms with van der Waals surface area (Å²) in [5.74, 6) is -0.526. The fourth-order valence-corrected chi connectivity index (χ4v) is 4.06. The lowest BCUT2D eigenvalue weighted by atomic mass is 10.1. The molecule has 0 bridgehead atoms. The Labute approximate surface area is 249 Å². The predicted molar refractivity (Wildman–Crippen MR) is 158 cm³/mol. The number of hydrogen-bond acceptors (Lipinski definition) is 10. The Morgan fingerprint density at radius 1 is 0.651 bits per heavy atom. The third-order valence-electron chi connectivity index (χ3n) is 6.43. The Kier molecular flexibility index (Phi) is 9.95. The van der Waals surface area contributed by atoms with Gasteiger partial charge < -0.3 is 18.9 Å². The molecule has 0 spiro atoms. The number of ether oxygens (including phenoxy) is 4. The third-order valence-corrected chi connectivity index (χ3v) is 6.43. The van der Waals surface area contributed by atoms with Crippen LogP contribution >= 0.6 is 0 Å². The van der Waals surface area contributed by atoms with Gasteiger partial charge in [-0.3, -0.25) is 0 Å². The van der Waals surface area contributed by atoms with Crippen LogP contribution in [0.2, 0.25) is 0 Å². The number of rotatable bonds is 14. The van der Waals surface area contributed by atoms with Crippen molar-refractivity contribution in [3.8, 4) is 34.2 Å². The summed E-state index contributed by atoms with van der Waals surface area (Å²) >= 11 is 0. The highest BCUT2D eigenvalue weighted by molar-refractivity contribution is 5.91. The summed E-state index contributed by atoms with van der Waals surface area (Å²) < 4.78 is 24.6. The predicted octanol–water partition coefficient (Wildman–Crippen LogP) is 4.03. The highest BCUT2D eigenvalue weighted by Gasteiger charge is 2.18. The third kappa shape index (κ3) is 7.95. The molecule has 12 heteroatoms. The summed E-state index contributed by atoms with van der Waals surface area (Å²) in [6.45, 7) is 6.20. The molecule has 43 heavy (non-hydrogen) atoms. The average Bonchev–Trinajstić information content (AvgIpc) is 3.72. The monoisotopic (exact) mass is 583 g/mol. The van der Waals surface area contributed by atoms with Gasteiger partial charge in [-0.15, -0.1) is 10.2 Å². The normalized spacial score (nSPS) is 11.1. The number of esters is 1. The SMILES string of the molecule is COCCOCCOCCOC(=O)c1cc(-c2cn(-c3ccc(C)cc3)nn2)nc(-c2cn(-c3ccc(C)cc3)nn2)c1. The molecule has 3 heterocycles. The molecule has 0 amide bonds. The first kappa shape index (κ1) is 29.7. The van der Waals surface area contributed by atoms with E-state index in [1.165, 1.54) is 0 Å². The number of pyridine rings is 1. The maximum atomic E-state index is 13.1. The van der Waals surface area contributed by atoms with Gasteiger partial charge in [-0.25, -0.2) is 19.1 Å². The molecule has 0 saturated heterocycles. The molecule has 2 aromatic carbocycles. The van der Waals surface area contributed by atoms with Gasteiger partial charge in [0.1, 0.15) is 18.0 Å². The molecule has 0 aliphatic carbocycles. The minimum Gasteiger partial charge on any atom is -0.460 e. The molecule has 0 N–H and O–H groups in total. The minimum atomic E-state index is -0.526. The first-order valence-corrected chi connectivity index (χ1v) is 13.8. The molecule has 0 fully saturated rings. The molecule has 3 aromatic heterocycles. The zero-order chi connectivity index (χ0) is 30.0. The molecule has 0 radical (unpaired) electrons. The summed E-state index contributed by atoms with van der Waals surface area (Å²) in [7, 11) is 1.62. The number of benzene rings is 2. The van der Waals surface area contributed by atoms with Crippen LogP contribution in [0, 0.1) is 13.8 Å². The van der Waals surface area contributed by atoms with Gasteiger partial charge in [-0.05, 0) is 50.2 Å². The molecule has 222 valence electrons. The number of aryl methyl sites for hydroxylation is 2. The highest BCUT2D eigenvalue weighted by atomic mass is 16.6. The number of carbonyl (C=O) groups is 1. The van der Waals surface area contributed by atoms with Crippen LogP contribution in [0.25, 0.3) is 34.2 Å². The van der Waals surface area contributed by atoms with Crippen molar-refractivity contribution in [2.45, 2.75) is 13.8 Å². The second kappa shape index (κ2) is 14.4. The van der Waals surface area contributed by atoms with Crippen LogP contribution in [0.3, 0.4) is 0 Å². The zero-order valence-electron chi connectivity index (χ0n) is 24.3. The van der Waals surface area contributed by atoms with Crippen molar-refractivity contribution in [1.82, 2.24) is 35.0 Å². The smallest absolute Gasteiger partial charge is 0.338 e. The van der Waals surface area contributed by atoms with Gasteiger partial charge in [0.25, 0.3) is 0 Å². The van der Waals surface area contributed by atoms with Crippen LogP contribution in [0.15, 0.2) is 73.1 Å². The maximum Gasteiger partial charge on any atom is 0.338 e. The summed E-state index contributed by atoms with van der Waals surface area (Å²) in [6, 6.07) is 19.1. The average molecular weight is 584 g/mol. The van der Waals surface area contributed by atoms with Gasteiger partial charge in [0.2, 0.25) is 0 Å². The Hall–Kier alpha value is -4.78. The second-order valence-corrected chi connectivity index (χ2v) is 9.75. The van der Waals surface area contributed by atoms with Gasteiger partial charge in [-0.1, -0.05) is 45.8 Å². The number of nitrogens with zero attached hydrogens (tertiary/aromatic N) is 7. The second-order valence-electron chi connectivity index (χ2n) is 9.75. The van der Waals surface area contributed by atoms with Crippen LogP contribution in [-0.4, -0.2) is 87.7 Å². The molecule has 0 aliphatic heterocycles. The van der Waals surface area contributed by atoms with Crippen molar-refractivity contribution in [3.63, 3.8) is 0 Å². The molecule has 5 aromatic rings. The number of carbonyl (C=O) groups excluding carboxylic acids is 1. The van der Waals surface area contributed by atoms with Gasteiger partial charge in [-0.2, -0.15) is 0 Å². The number of methoxy groups -OCH3 is 1. The lowest BCUT2D eigenvalue weighted by Crippen LogP contribution is -2.14. The fourth-order valence-electron chi connectivity index (χ4n) is 4.06. The molecule has 5 rings (SSSR count). The summed E-state index contributed by atoms with van der Waals surface area (Å²) in [4.78, 5) is 17.9. The number of hydrogen-bond donors (Lipinski definition) is 0. The Balaban J connectivity index is 1.35. The van der Waals surface area contributed by atoms with Crippen LogP contribution in [-0.2, 0) is 18.9 Å². The van der Waals surface area contributed by atoms with E-state index in [1.54, 1.807) is 41.0 Å². The van der Waals surface area contributed by atoms with Crippen molar-refractivity contribution in [2.75, 3.05) is 46.8 Å². The van der Waals surface area contributed by atoms with E-state index < -0.39 is 5.97 Å².